The Labute approximate surface area is 248 Å². The quantitative estimate of drug-likeness (QED) is 0.334. The van der Waals surface area contributed by atoms with Crippen LogP contribution in [0.1, 0.15) is 60.4 Å². The molecule has 6 rings (SSSR count). The number of carbonyl (C=O) groups is 1. The third-order valence-electron chi connectivity index (χ3n) is 8.60. The predicted molar refractivity (Wildman–Crippen MR) is 151 cm³/mol. The standard InChI is InChI=1S/C31H34ClF2N3O5/c1-18-26(15-25(34)30(38)39)37(16-21-10-13-40-21)28(35-18)17-36-11-8-19(9-12-36)22-4-3-5-27-29(22)42-31(2,41-27)23-7-6-20(32)14-24(23)33/h3-7,14,19,21,25H,8-13,15-17H2,1-2H3,(H,38,39)/t21-,25?,31-/m0/s1. The number of fused-ring (bicyclic) bond motifs is 1. The molecule has 2 fully saturated rings. The van der Waals surface area contributed by atoms with Crippen molar-refractivity contribution in [3.8, 4) is 11.5 Å². The van der Waals surface area contributed by atoms with Gasteiger partial charge in [0.1, 0.15) is 11.6 Å². The lowest BCUT2D eigenvalue weighted by Crippen LogP contribution is -2.36. The second-order valence-corrected chi connectivity index (χ2v) is 11.9. The summed E-state index contributed by atoms with van der Waals surface area (Å²) in [4.78, 5) is 18.3. The molecule has 1 N–H and O–H groups in total. The first kappa shape index (κ1) is 28.9. The maximum atomic E-state index is 14.8. The summed E-state index contributed by atoms with van der Waals surface area (Å²) in [5.41, 5.74) is 2.58. The Hall–Kier alpha value is -3.21. The minimum atomic E-state index is -1.98. The van der Waals surface area contributed by atoms with E-state index in [9.17, 15) is 13.6 Å². The van der Waals surface area contributed by atoms with Gasteiger partial charge >= 0.3 is 5.97 Å². The molecule has 42 heavy (non-hydrogen) atoms. The van der Waals surface area contributed by atoms with Crippen molar-refractivity contribution in [2.45, 2.75) is 76.6 Å². The topological polar surface area (TPSA) is 86.0 Å². The number of aryl methyl sites for hydroxylation is 1. The number of aromatic nitrogens is 2. The zero-order chi connectivity index (χ0) is 29.6. The van der Waals surface area contributed by atoms with Gasteiger partial charge < -0.3 is 23.9 Å². The van der Waals surface area contributed by atoms with Gasteiger partial charge in [0.25, 0.3) is 5.79 Å². The molecule has 224 valence electrons. The number of halogens is 3. The maximum Gasteiger partial charge on any atom is 0.338 e. The van der Waals surface area contributed by atoms with Gasteiger partial charge in [-0.05, 0) is 69.5 Å². The molecule has 0 spiro atoms. The minimum absolute atomic E-state index is 0.0270. The van der Waals surface area contributed by atoms with Crippen LogP contribution in [0.2, 0.25) is 5.02 Å². The number of nitrogens with zero attached hydrogens (tertiary/aromatic N) is 3. The van der Waals surface area contributed by atoms with Crippen LogP contribution in [0, 0.1) is 12.7 Å². The van der Waals surface area contributed by atoms with Gasteiger partial charge in [-0.3, -0.25) is 4.90 Å². The molecule has 2 saturated heterocycles. The molecule has 0 bridgehead atoms. The summed E-state index contributed by atoms with van der Waals surface area (Å²) >= 11 is 5.95. The van der Waals surface area contributed by atoms with Gasteiger partial charge in [-0.1, -0.05) is 23.7 Å². The highest BCUT2D eigenvalue weighted by atomic mass is 35.5. The number of benzene rings is 2. The monoisotopic (exact) mass is 601 g/mol. The Morgan fingerprint density at radius 2 is 1.98 bits per heavy atom. The fourth-order valence-electron chi connectivity index (χ4n) is 6.19. The molecule has 3 aromatic rings. The molecule has 0 saturated carbocycles. The predicted octanol–water partition coefficient (Wildman–Crippen LogP) is 5.76. The van der Waals surface area contributed by atoms with Gasteiger partial charge in [0.15, 0.2) is 11.5 Å². The van der Waals surface area contributed by atoms with Crippen molar-refractivity contribution < 1.29 is 32.9 Å². The number of imidazole rings is 1. The molecule has 8 nitrogen and oxygen atoms in total. The van der Waals surface area contributed by atoms with Gasteiger partial charge in [0.2, 0.25) is 6.17 Å². The number of carboxylic acids is 1. The van der Waals surface area contributed by atoms with Gasteiger partial charge in [-0.25, -0.2) is 18.6 Å². The van der Waals surface area contributed by atoms with Crippen LogP contribution < -0.4 is 9.47 Å². The SMILES string of the molecule is Cc1nc(CN2CCC(c3cccc4c3O[C@@](C)(c3ccc(Cl)cc3F)O4)CC2)n(C[C@@H]2CCO2)c1CC(F)C(=O)O. The first-order valence-corrected chi connectivity index (χ1v) is 14.7. The first-order valence-electron chi connectivity index (χ1n) is 14.3. The van der Waals surface area contributed by atoms with E-state index in [-0.39, 0.29) is 24.0 Å². The summed E-state index contributed by atoms with van der Waals surface area (Å²) in [7, 11) is 0. The third-order valence-corrected chi connectivity index (χ3v) is 8.83. The first-order chi connectivity index (χ1) is 20.1. The van der Waals surface area contributed by atoms with Crippen LogP contribution in [0.3, 0.4) is 0 Å². The molecular formula is C31H34ClF2N3O5. The summed E-state index contributed by atoms with van der Waals surface area (Å²) in [6.45, 7) is 6.93. The van der Waals surface area contributed by atoms with E-state index < -0.39 is 23.7 Å². The van der Waals surface area contributed by atoms with Crippen molar-refractivity contribution in [2.75, 3.05) is 19.7 Å². The van der Waals surface area contributed by atoms with E-state index in [2.05, 4.69) is 4.90 Å². The molecule has 0 amide bonds. The Morgan fingerprint density at radius 3 is 2.64 bits per heavy atom. The Balaban J connectivity index is 1.15. The number of likely N-dealkylation sites (tertiary alicyclic amines) is 1. The summed E-state index contributed by atoms with van der Waals surface area (Å²) in [6, 6.07) is 10.3. The average molecular weight is 602 g/mol. The number of piperidine rings is 1. The number of hydrogen-bond donors (Lipinski definition) is 1. The van der Waals surface area contributed by atoms with Crippen molar-refractivity contribution in [2.24, 2.45) is 0 Å². The number of carboxylic acid groups (broad SMARTS) is 1. The van der Waals surface area contributed by atoms with Crippen molar-refractivity contribution in [3.05, 3.63) is 75.6 Å². The number of ether oxygens (including phenoxy) is 3. The molecule has 3 atom stereocenters. The van der Waals surface area contributed by atoms with Gasteiger partial charge in [0, 0.05) is 36.2 Å². The highest BCUT2D eigenvalue weighted by Crippen LogP contribution is 2.49. The number of hydrogen-bond acceptors (Lipinski definition) is 6. The largest absolute Gasteiger partial charge is 0.479 e. The Bertz CT molecular complexity index is 1490. The lowest BCUT2D eigenvalue weighted by atomic mass is 9.88. The van der Waals surface area contributed by atoms with E-state index in [1.807, 2.05) is 22.8 Å². The number of alkyl halides is 1. The zero-order valence-corrected chi connectivity index (χ0v) is 24.4. The van der Waals surface area contributed by atoms with Crippen LogP contribution in [-0.2, 0) is 34.8 Å². The summed E-state index contributed by atoms with van der Waals surface area (Å²) < 4.78 is 49.1. The van der Waals surface area contributed by atoms with E-state index in [1.54, 1.807) is 26.0 Å². The van der Waals surface area contributed by atoms with Gasteiger partial charge in [0.05, 0.1) is 30.5 Å². The molecule has 1 aromatic heterocycles. The van der Waals surface area contributed by atoms with Crippen LogP contribution in [0.25, 0.3) is 0 Å². The molecule has 0 radical (unpaired) electrons. The van der Waals surface area contributed by atoms with Crippen LogP contribution in [0.15, 0.2) is 36.4 Å². The molecular weight excluding hydrogens is 568 g/mol. The Morgan fingerprint density at radius 1 is 1.21 bits per heavy atom. The average Bonchev–Trinajstić information content (AvgIpc) is 3.42. The second kappa shape index (κ2) is 11.5. The van der Waals surface area contributed by atoms with E-state index in [4.69, 9.17) is 35.9 Å². The number of para-hydroxylation sites is 1. The molecule has 0 aliphatic carbocycles. The molecule has 3 aliphatic heterocycles. The van der Waals surface area contributed by atoms with Gasteiger partial charge in [-0.15, -0.1) is 0 Å². The fraction of sp³-hybridized carbons (Fsp3) is 0.484. The summed E-state index contributed by atoms with van der Waals surface area (Å²) in [5, 5.41) is 9.45. The maximum absolute atomic E-state index is 14.8. The lowest BCUT2D eigenvalue weighted by Gasteiger charge is -2.33. The van der Waals surface area contributed by atoms with Crippen LogP contribution >= 0.6 is 11.6 Å². The number of aliphatic carboxylic acids is 1. The minimum Gasteiger partial charge on any atom is -0.479 e. The highest BCUT2D eigenvalue weighted by Gasteiger charge is 2.43. The lowest BCUT2D eigenvalue weighted by molar-refractivity contribution is -0.142. The van der Waals surface area contributed by atoms with Crippen molar-refractivity contribution in [1.29, 1.82) is 0 Å². The normalized spacial score (nSPS) is 23.1. The smallest absolute Gasteiger partial charge is 0.338 e. The van der Waals surface area contributed by atoms with E-state index in [0.717, 1.165) is 43.7 Å². The third kappa shape index (κ3) is 5.59. The fourth-order valence-corrected chi connectivity index (χ4v) is 6.35. The highest BCUT2D eigenvalue weighted by molar-refractivity contribution is 6.30. The van der Waals surface area contributed by atoms with E-state index in [1.165, 1.54) is 6.07 Å². The molecule has 3 aliphatic rings. The van der Waals surface area contributed by atoms with Crippen molar-refractivity contribution in [1.82, 2.24) is 14.5 Å². The zero-order valence-electron chi connectivity index (χ0n) is 23.6. The summed E-state index contributed by atoms with van der Waals surface area (Å²) in [5.74, 6) is -1.01. The summed E-state index contributed by atoms with van der Waals surface area (Å²) in [6.07, 6.45) is 0.478. The molecule has 2 aromatic carbocycles. The van der Waals surface area contributed by atoms with E-state index in [0.29, 0.717) is 47.6 Å². The molecule has 11 heteroatoms. The van der Waals surface area contributed by atoms with Crippen molar-refractivity contribution >= 4 is 17.6 Å². The van der Waals surface area contributed by atoms with E-state index >= 15 is 0 Å². The molecule has 1 unspecified atom stereocenters. The Kier molecular flexibility index (Phi) is 7.89. The second-order valence-electron chi connectivity index (χ2n) is 11.5. The van der Waals surface area contributed by atoms with Crippen LogP contribution in [0.5, 0.6) is 11.5 Å². The molecule has 4 heterocycles. The van der Waals surface area contributed by atoms with Crippen molar-refractivity contribution in [3.63, 3.8) is 0 Å². The van der Waals surface area contributed by atoms with Crippen LogP contribution in [0.4, 0.5) is 8.78 Å². The number of rotatable bonds is 9. The van der Waals surface area contributed by atoms with Crippen LogP contribution in [-0.4, -0.2) is 57.5 Å². The van der Waals surface area contributed by atoms with Gasteiger partial charge in [-0.2, -0.15) is 0 Å².